The van der Waals surface area contributed by atoms with Crippen molar-refractivity contribution in [3.8, 4) is 0 Å². The molecule has 0 spiro atoms. The summed E-state index contributed by atoms with van der Waals surface area (Å²) in [6.45, 7) is 0. The van der Waals surface area contributed by atoms with Gasteiger partial charge in [0.1, 0.15) is 5.82 Å². The van der Waals surface area contributed by atoms with E-state index in [2.05, 4.69) is 0 Å². The van der Waals surface area contributed by atoms with Crippen molar-refractivity contribution >= 4 is 9.84 Å². The van der Waals surface area contributed by atoms with Gasteiger partial charge in [0.15, 0.2) is 9.84 Å². The highest BCUT2D eigenvalue weighted by Gasteiger charge is 2.36. The van der Waals surface area contributed by atoms with Crippen molar-refractivity contribution in [1.82, 2.24) is 0 Å². The summed E-state index contributed by atoms with van der Waals surface area (Å²) in [5.74, 6) is -0.498. The molecule has 0 aromatic heterocycles. The van der Waals surface area contributed by atoms with E-state index < -0.39 is 15.7 Å². The van der Waals surface area contributed by atoms with Gasteiger partial charge in [-0.3, -0.25) is 0 Å². The van der Waals surface area contributed by atoms with Crippen LogP contribution in [0.3, 0.4) is 0 Å². The van der Waals surface area contributed by atoms with Gasteiger partial charge in [0, 0.05) is 0 Å². The summed E-state index contributed by atoms with van der Waals surface area (Å²) >= 11 is 0. The SMILES string of the molecule is O=S(=O)(c1cccc(F)c1)C1CC1. The fourth-order valence-corrected chi connectivity index (χ4v) is 2.90. The standard InChI is InChI=1S/C9H9FO2S/c10-7-2-1-3-9(6-7)13(11,12)8-4-5-8/h1-3,6,8H,4-5H2. The second-order valence-electron chi connectivity index (χ2n) is 3.20. The van der Waals surface area contributed by atoms with E-state index in [0.717, 1.165) is 6.07 Å². The zero-order valence-electron chi connectivity index (χ0n) is 6.90. The summed E-state index contributed by atoms with van der Waals surface area (Å²) in [5, 5.41) is -0.269. The van der Waals surface area contributed by atoms with Gasteiger partial charge in [-0.15, -0.1) is 0 Å². The van der Waals surface area contributed by atoms with E-state index >= 15 is 0 Å². The Bertz CT molecular complexity index is 421. The Morgan fingerprint density at radius 2 is 2.00 bits per heavy atom. The summed E-state index contributed by atoms with van der Waals surface area (Å²) in [5.41, 5.74) is 0. The minimum atomic E-state index is -3.23. The van der Waals surface area contributed by atoms with E-state index in [9.17, 15) is 12.8 Å². The predicted octanol–water partition coefficient (Wildman–Crippen LogP) is 1.76. The van der Waals surface area contributed by atoms with Gasteiger partial charge in [-0.25, -0.2) is 12.8 Å². The topological polar surface area (TPSA) is 34.1 Å². The molecule has 2 nitrogen and oxygen atoms in total. The smallest absolute Gasteiger partial charge is 0.181 e. The monoisotopic (exact) mass is 200 g/mol. The fourth-order valence-electron chi connectivity index (χ4n) is 1.21. The van der Waals surface area contributed by atoms with Crippen LogP contribution in [0.25, 0.3) is 0 Å². The third-order valence-corrected chi connectivity index (χ3v) is 4.35. The molecule has 0 aliphatic heterocycles. The van der Waals surface area contributed by atoms with E-state index in [1.54, 1.807) is 0 Å². The lowest BCUT2D eigenvalue weighted by Gasteiger charge is -2.01. The molecule has 0 heterocycles. The van der Waals surface area contributed by atoms with Crippen LogP contribution in [-0.4, -0.2) is 13.7 Å². The molecule has 1 aliphatic carbocycles. The van der Waals surface area contributed by atoms with Crippen LogP contribution in [0.4, 0.5) is 4.39 Å². The van der Waals surface area contributed by atoms with Gasteiger partial charge in [0.05, 0.1) is 10.1 Å². The maximum absolute atomic E-state index is 12.7. The Hall–Kier alpha value is -0.900. The number of hydrogen-bond donors (Lipinski definition) is 0. The molecule has 0 N–H and O–H groups in total. The molecule has 1 aromatic rings. The molecular weight excluding hydrogens is 191 g/mol. The van der Waals surface area contributed by atoms with Crippen LogP contribution in [0.5, 0.6) is 0 Å². The molecule has 0 saturated heterocycles. The van der Waals surface area contributed by atoms with Crippen LogP contribution in [0, 0.1) is 5.82 Å². The Balaban J connectivity index is 2.45. The highest BCUT2D eigenvalue weighted by Crippen LogP contribution is 2.33. The lowest BCUT2D eigenvalue weighted by Crippen LogP contribution is -2.06. The van der Waals surface area contributed by atoms with Crippen molar-refractivity contribution in [3.63, 3.8) is 0 Å². The highest BCUT2D eigenvalue weighted by molar-refractivity contribution is 7.92. The van der Waals surface area contributed by atoms with Crippen molar-refractivity contribution in [2.45, 2.75) is 23.0 Å². The first-order valence-corrected chi connectivity index (χ1v) is 5.65. The largest absolute Gasteiger partial charge is 0.223 e. The van der Waals surface area contributed by atoms with Crippen molar-refractivity contribution in [2.24, 2.45) is 0 Å². The molecule has 13 heavy (non-hydrogen) atoms. The number of sulfone groups is 1. The zero-order valence-corrected chi connectivity index (χ0v) is 7.72. The molecule has 4 heteroatoms. The molecule has 70 valence electrons. The third kappa shape index (κ3) is 1.58. The Labute approximate surface area is 76.3 Å². The van der Waals surface area contributed by atoms with Gasteiger partial charge in [0.25, 0.3) is 0 Å². The van der Waals surface area contributed by atoms with E-state index in [0.29, 0.717) is 12.8 Å². The van der Waals surface area contributed by atoms with Crippen molar-refractivity contribution in [2.75, 3.05) is 0 Å². The summed E-state index contributed by atoms with van der Waals surface area (Å²) in [6.07, 6.45) is 1.41. The molecule has 0 atom stereocenters. The van der Waals surface area contributed by atoms with Crippen LogP contribution < -0.4 is 0 Å². The molecule has 0 bridgehead atoms. The molecule has 0 unspecified atom stereocenters. The minimum absolute atomic E-state index is 0.106. The first kappa shape index (κ1) is 8.69. The number of halogens is 1. The maximum atomic E-state index is 12.7. The summed E-state index contributed by atoms with van der Waals surface area (Å²) in [7, 11) is -3.23. The highest BCUT2D eigenvalue weighted by atomic mass is 32.2. The summed E-state index contributed by atoms with van der Waals surface area (Å²) in [6, 6.07) is 5.18. The van der Waals surface area contributed by atoms with E-state index in [4.69, 9.17) is 0 Å². The Morgan fingerprint density at radius 3 is 2.54 bits per heavy atom. The normalized spacial score (nSPS) is 17.3. The number of rotatable bonds is 2. The lowest BCUT2D eigenvalue weighted by atomic mass is 10.4. The number of benzene rings is 1. The quantitative estimate of drug-likeness (QED) is 0.729. The van der Waals surface area contributed by atoms with E-state index in [1.165, 1.54) is 18.2 Å². The second-order valence-corrected chi connectivity index (χ2v) is 5.43. The van der Waals surface area contributed by atoms with Crippen LogP contribution >= 0.6 is 0 Å². The average molecular weight is 200 g/mol. The Morgan fingerprint density at radius 1 is 1.31 bits per heavy atom. The van der Waals surface area contributed by atoms with Gasteiger partial charge in [0.2, 0.25) is 0 Å². The number of hydrogen-bond acceptors (Lipinski definition) is 2. The minimum Gasteiger partial charge on any atom is -0.223 e. The van der Waals surface area contributed by atoms with Crippen LogP contribution in [0.2, 0.25) is 0 Å². The molecule has 1 aliphatic rings. The van der Waals surface area contributed by atoms with E-state index in [-0.39, 0.29) is 10.1 Å². The van der Waals surface area contributed by atoms with Crippen molar-refractivity contribution in [3.05, 3.63) is 30.1 Å². The predicted molar refractivity (Wildman–Crippen MR) is 46.6 cm³/mol. The van der Waals surface area contributed by atoms with E-state index in [1.807, 2.05) is 0 Å². The summed E-state index contributed by atoms with van der Waals surface area (Å²) < 4.78 is 35.9. The van der Waals surface area contributed by atoms with Gasteiger partial charge in [-0.1, -0.05) is 6.07 Å². The molecule has 1 aromatic carbocycles. The molecule has 2 rings (SSSR count). The van der Waals surface area contributed by atoms with Gasteiger partial charge < -0.3 is 0 Å². The molecule has 0 amide bonds. The van der Waals surface area contributed by atoms with Crippen LogP contribution in [0.1, 0.15) is 12.8 Å². The second kappa shape index (κ2) is 2.80. The van der Waals surface area contributed by atoms with Crippen LogP contribution in [-0.2, 0) is 9.84 Å². The Kier molecular flexibility index (Phi) is 1.87. The lowest BCUT2D eigenvalue weighted by molar-refractivity contribution is 0.589. The fraction of sp³-hybridized carbons (Fsp3) is 0.333. The maximum Gasteiger partial charge on any atom is 0.181 e. The van der Waals surface area contributed by atoms with Crippen molar-refractivity contribution < 1.29 is 12.8 Å². The average Bonchev–Trinajstić information content (AvgIpc) is 2.86. The molecule has 1 fully saturated rings. The van der Waals surface area contributed by atoms with Crippen molar-refractivity contribution in [1.29, 1.82) is 0 Å². The molecular formula is C9H9FO2S. The first-order chi connectivity index (χ1) is 6.10. The first-order valence-electron chi connectivity index (χ1n) is 4.10. The third-order valence-electron chi connectivity index (χ3n) is 2.09. The summed E-state index contributed by atoms with van der Waals surface area (Å²) in [4.78, 5) is 0.106. The van der Waals surface area contributed by atoms with Gasteiger partial charge >= 0.3 is 0 Å². The van der Waals surface area contributed by atoms with Crippen LogP contribution in [0.15, 0.2) is 29.2 Å². The molecule has 0 radical (unpaired) electrons. The van der Waals surface area contributed by atoms with Gasteiger partial charge in [-0.05, 0) is 31.0 Å². The van der Waals surface area contributed by atoms with Gasteiger partial charge in [-0.2, -0.15) is 0 Å². The zero-order chi connectivity index (χ0) is 9.47. The molecule has 1 saturated carbocycles.